The summed E-state index contributed by atoms with van der Waals surface area (Å²) in [6.07, 6.45) is 5.58. The van der Waals surface area contributed by atoms with E-state index < -0.39 is 0 Å². The Bertz CT molecular complexity index is 750. The molecule has 0 fully saturated rings. The number of thioether (sulfide) groups is 1. The molecule has 0 amide bonds. The van der Waals surface area contributed by atoms with Gasteiger partial charge in [-0.2, -0.15) is 11.8 Å². The van der Waals surface area contributed by atoms with E-state index in [9.17, 15) is 0 Å². The maximum Gasteiger partial charge on any atom is 0.191 e. The monoisotopic (exact) mass is 515 g/mol. The highest BCUT2D eigenvalue weighted by atomic mass is 127. The van der Waals surface area contributed by atoms with E-state index >= 15 is 0 Å². The highest BCUT2D eigenvalue weighted by Gasteiger charge is 2.22. The summed E-state index contributed by atoms with van der Waals surface area (Å²) in [5, 5.41) is 7.07. The fourth-order valence-corrected chi connectivity index (χ4v) is 3.10. The first-order valence-electron chi connectivity index (χ1n) is 9.41. The van der Waals surface area contributed by atoms with Crippen LogP contribution >= 0.6 is 35.7 Å². The summed E-state index contributed by atoms with van der Waals surface area (Å²) in [4.78, 5) is 4.85. The fourth-order valence-electron chi connectivity index (χ4n) is 2.90. The number of nitrogens with zero attached hydrogens (tertiary/aromatic N) is 1. The quantitative estimate of drug-likeness (QED) is 0.320. The molecular formula is C21H30IN3O2S. The number of halogens is 1. The Balaban J connectivity index is 0.00000280. The Morgan fingerprint density at radius 1 is 1.25 bits per heavy atom. The second-order valence-corrected chi connectivity index (χ2v) is 8.77. The lowest BCUT2D eigenvalue weighted by molar-refractivity contribution is 0.261. The van der Waals surface area contributed by atoms with E-state index in [-0.39, 0.29) is 34.8 Å². The second kappa shape index (κ2) is 11.0. The van der Waals surface area contributed by atoms with Crippen molar-refractivity contribution >= 4 is 41.7 Å². The van der Waals surface area contributed by atoms with Crippen LogP contribution in [-0.2, 0) is 6.42 Å². The number of fused-ring (bicyclic) bond motifs is 1. The zero-order valence-corrected chi connectivity index (χ0v) is 19.9. The molecule has 1 aromatic carbocycles. The van der Waals surface area contributed by atoms with Crippen LogP contribution in [0.1, 0.15) is 37.6 Å². The van der Waals surface area contributed by atoms with Crippen LogP contribution in [-0.4, -0.2) is 36.7 Å². The molecule has 28 heavy (non-hydrogen) atoms. The molecule has 1 aromatic heterocycles. The molecule has 2 N–H and O–H groups in total. The van der Waals surface area contributed by atoms with E-state index in [0.717, 1.165) is 43.4 Å². The van der Waals surface area contributed by atoms with Crippen molar-refractivity contribution in [2.75, 3.05) is 26.0 Å². The van der Waals surface area contributed by atoms with Crippen molar-refractivity contribution in [3.8, 4) is 5.75 Å². The smallest absolute Gasteiger partial charge is 0.191 e. The third-order valence-corrected chi connectivity index (χ3v) is 5.92. The van der Waals surface area contributed by atoms with Gasteiger partial charge in [0.05, 0.1) is 25.5 Å². The highest BCUT2D eigenvalue weighted by Crippen LogP contribution is 2.31. The molecule has 0 bridgehead atoms. The largest absolute Gasteiger partial charge is 0.493 e. The van der Waals surface area contributed by atoms with E-state index in [0.29, 0.717) is 6.61 Å². The zero-order chi connectivity index (χ0) is 19.1. The van der Waals surface area contributed by atoms with E-state index in [2.05, 4.69) is 42.9 Å². The first-order chi connectivity index (χ1) is 13.1. The maximum atomic E-state index is 5.78. The molecule has 1 atom stereocenters. The molecule has 0 radical (unpaired) electrons. The Morgan fingerprint density at radius 2 is 2.07 bits per heavy atom. The van der Waals surface area contributed by atoms with Crippen LogP contribution in [0.25, 0.3) is 0 Å². The van der Waals surface area contributed by atoms with Gasteiger partial charge in [-0.15, -0.1) is 24.0 Å². The number of nitrogens with one attached hydrogen (secondary N) is 2. The number of para-hydroxylation sites is 1. The maximum absolute atomic E-state index is 5.78. The number of guanidine groups is 1. The molecule has 3 rings (SSSR count). The number of aliphatic imine (C=N–C) groups is 1. The van der Waals surface area contributed by atoms with E-state index in [1.165, 1.54) is 5.56 Å². The van der Waals surface area contributed by atoms with Gasteiger partial charge < -0.3 is 19.8 Å². The minimum atomic E-state index is 0. The molecule has 154 valence electrons. The molecule has 2 heterocycles. The number of rotatable bonds is 7. The van der Waals surface area contributed by atoms with Crippen molar-refractivity contribution in [1.82, 2.24) is 10.6 Å². The van der Waals surface area contributed by atoms with Crippen molar-refractivity contribution in [2.24, 2.45) is 4.99 Å². The Hall–Kier alpha value is -1.35. The van der Waals surface area contributed by atoms with Crippen molar-refractivity contribution in [2.45, 2.75) is 37.5 Å². The molecule has 0 aliphatic carbocycles. The van der Waals surface area contributed by atoms with Gasteiger partial charge in [0, 0.05) is 29.7 Å². The van der Waals surface area contributed by atoms with E-state index in [1.54, 1.807) is 6.26 Å². The predicted octanol–water partition coefficient (Wildman–Crippen LogP) is 4.64. The summed E-state index contributed by atoms with van der Waals surface area (Å²) in [5.74, 6) is 2.77. The topological polar surface area (TPSA) is 58.8 Å². The van der Waals surface area contributed by atoms with Gasteiger partial charge in [0.25, 0.3) is 0 Å². The summed E-state index contributed by atoms with van der Waals surface area (Å²) >= 11 is 1.83. The Labute approximate surface area is 189 Å². The minimum absolute atomic E-state index is 0. The van der Waals surface area contributed by atoms with Crippen LogP contribution in [0.2, 0.25) is 0 Å². The summed E-state index contributed by atoms with van der Waals surface area (Å²) < 4.78 is 11.3. The lowest BCUT2D eigenvalue weighted by Gasteiger charge is -2.28. The number of furan rings is 1. The third kappa shape index (κ3) is 6.62. The third-order valence-electron chi connectivity index (χ3n) is 4.68. The standard InChI is InChI=1S/C21H29N3O2S.HI/c1-21(2,27-3)15-23-20(22-12-10-16-7-6-13-25-16)24-18-11-14-26-19-9-5-4-8-17(18)19;/h4-9,13,18H,10-12,14-15H2,1-3H3,(H2,22,23,24);1H. The average molecular weight is 515 g/mol. The van der Waals surface area contributed by atoms with Gasteiger partial charge in [-0.3, -0.25) is 4.99 Å². The second-order valence-electron chi connectivity index (χ2n) is 7.26. The molecule has 5 nitrogen and oxygen atoms in total. The molecule has 2 aromatic rings. The zero-order valence-electron chi connectivity index (χ0n) is 16.7. The normalized spacial score (nSPS) is 16.5. The molecule has 7 heteroatoms. The van der Waals surface area contributed by atoms with E-state index in [1.807, 2.05) is 36.0 Å². The van der Waals surface area contributed by atoms with Crippen LogP contribution < -0.4 is 15.4 Å². The lowest BCUT2D eigenvalue weighted by atomic mass is 10.0. The van der Waals surface area contributed by atoms with Gasteiger partial charge in [0.1, 0.15) is 11.5 Å². The molecule has 0 saturated heterocycles. The highest BCUT2D eigenvalue weighted by molar-refractivity contribution is 14.0. The van der Waals surface area contributed by atoms with Gasteiger partial charge in [0.15, 0.2) is 5.96 Å². The molecule has 1 unspecified atom stereocenters. The summed E-state index contributed by atoms with van der Waals surface area (Å²) in [6.45, 7) is 6.65. The van der Waals surface area contributed by atoms with Gasteiger partial charge in [-0.25, -0.2) is 0 Å². The van der Waals surface area contributed by atoms with Gasteiger partial charge >= 0.3 is 0 Å². The molecule has 0 spiro atoms. The van der Waals surface area contributed by atoms with Crippen LogP contribution in [0.5, 0.6) is 5.75 Å². The minimum Gasteiger partial charge on any atom is -0.493 e. The predicted molar refractivity (Wildman–Crippen MR) is 128 cm³/mol. The number of hydrogen-bond donors (Lipinski definition) is 2. The summed E-state index contributed by atoms with van der Waals surface area (Å²) in [7, 11) is 0. The Kier molecular flexibility index (Phi) is 9.01. The van der Waals surface area contributed by atoms with E-state index in [4.69, 9.17) is 14.1 Å². The van der Waals surface area contributed by atoms with Gasteiger partial charge in [0.2, 0.25) is 0 Å². The number of hydrogen-bond acceptors (Lipinski definition) is 4. The number of ether oxygens (including phenoxy) is 1. The molecule has 0 saturated carbocycles. The summed E-state index contributed by atoms with van der Waals surface area (Å²) in [5.41, 5.74) is 1.19. The Morgan fingerprint density at radius 3 is 2.82 bits per heavy atom. The van der Waals surface area contributed by atoms with Crippen LogP contribution in [0.4, 0.5) is 0 Å². The first-order valence-corrected chi connectivity index (χ1v) is 10.6. The SMILES string of the molecule is CSC(C)(C)CN=C(NCCc1ccco1)NC1CCOc2ccccc21.I. The van der Waals surface area contributed by atoms with Crippen LogP contribution in [0.15, 0.2) is 52.1 Å². The molecule has 1 aliphatic rings. The van der Waals surface area contributed by atoms with Gasteiger partial charge in [-0.05, 0) is 38.3 Å². The van der Waals surface area contributed by atoms with Crippen LogP contribution in [0, 0.1) is 0 Å². The van der Waals surface area contributed by atoms with Crippen molar-refractivity contribution in [3.05, 3.63) is 54.0 Å². The van der Waals surface area contributed by atoms with Crippen molar-refractivity contribution < 1.29 is 9.15 Å². The first kappa shape index (κ1) is 22.9. The van der Waals surface area contributed by atoms with Crippen molar-refractivity contribution in [3.63, 3.8) is 0 Å². The average Bonchev–Trinajstić information content (AvgIpc) is 3.20. The molecule has 1 aliphatic heterocycles. The molecular weight excluding hydrogens is 485 g/mol. The van der Waals surface area contributed by atoms with Gasteiger partial charge in [-0.1, -0.05) is 18.2 Å². The lowest BCUT2D eigenvalue weighted by Crippen LogP contribution is -2.42. The summed E-state index contributed by atoms with van der Waals surface area (Å²) in [6, 6.07) is 12.3. The van der Waals surface area contributed by atoms with Crippen molar-refractivity contribution in [1.29, 1.82) is 0 Å². The number of benzene rings is 1. The fraction of sp³-hybridized carbons (Fsp3) is 0.476. The van der Waals surface area contributed by atoms with Crippen LogP contribution in [0.3, 0.4) is 0 Å².